The van der Waals surface area contributed by atoms with Crippen molar-refractivity contribution >= 4 is 6.03 Å². The van der Waals surface area contributed by atoms with Crippen molar-refractivity contribution in [3.63, 3.8) is 0 Å². The van der Waals surface area contributed by atoms with Crippen molar-refractivity contribution in [3.8, 4) is 0 Å². The third kappa shape index (κ3) is 4.06. The van der Waals surface area contributed by atoms with Crippen LogP contribution in [0.25, 0.3) is 0 Å². The molecular weight excluding hydrogens is 224 g/mol. The average molecular weight is 248 g/mol. The van der Waals surface area contributed by atoms with E-state index in [9.17, 15) is 4.79 Å². The first-order valence-electron chi connectivity index (χ1n) is 6.58. The van der Waals surface area contributed by atoms with Gasteiger partial charge in [-0.2, -0.15) is 0 Å². The smallest absolute Gasteiger partial charge is 0.315 e. The Labute approximate surface area is 110 Å². The molecule has 0 saturated carbocycles. The Kier molecular flexibility index (Phi) is 5.20. The van der Waals surface area contributed by atoms with Crippen molar-refractivity contribution < 1.29 is 4.79 Å². The highest BCUT2D eigenvalue weighted by Gasteiger charge is 2.11. The monoisotopic (exact) mass is 248 g/mol. The zero-order valence-electron chi connectivity index (χ0n) is 12.0. The topological polar surface area (TPSA) is 41.1 Å². The van der Waals surface area contributed by atoms with Crippen LogP contribution in [0.3, 0.4) is 0 Å². The second-order valence-corrected chi connectivity index (χ2v) is 4.99. The second-order valence-electron chi connectivity index (χ2n) is 4.99. The lowest BCUT2D eigenvalue weighted by Crippen LogP contribution is -2.41. The van der Waals surface area contributed by atoms with Crippen LogP contribution in [0.1, 0.15) is 49.9 Å². The normalized spacial score (nSPS) is 13.8. The van der Waals surface area contributed by atoms with Gasteiger partial charge in [-0.3, -0.25) is 0 Å². The molecule has 2 amide bonds. The van der Waals surface area contributed by atoms with Crippen molar-refractivity contribution in [2.24, 2.45) is 0 Å². The van der Waals surface area contributed by atoms with E-state index in [1.807, 2.05) is 13.8 Å². The van der Waals surface area contributed by atoms with Gasteiger partial charge in [0.1, 0.15) is 0 Å². The summed E-state index contributed by atoms with van der Waals surface area (Å²) in [5.74, 6) is 0. The molecule has 0 unspecified atom stereocenters. The Morgan fingerprint density at radius 1 is 1.17 bits per heavy atom. The summed E-state index contributed by atoms with van der Waals surface area (Å²) in [6, 6.07) is 6.41. The quantitative estimate of drug-likeness (QED) is 0.841. The molecule has 2 atom stereocenters. The van der Waals surface area contributed by atoms with Crippen LogP contribution in [-0.2, 0) is 0 Å². The van der Waals surface area contributed by atoms with Crippen LogP contribution in [0, 0.1) is 13.8 Å². The number of hydrogen-bond donors (Lipinski definition) is 2. The molecule has 2 N–H and O–H groups in total. The van der Waals surface area contributed by atoms with Crippen LogP contribution in [0.5, 0.6) is 0 Å². The summed E-state index contributed by atoms with van der Waals surface area (Å²) in [6.45, 7) is 10.2. The van der Waals surface area contributed by atoms with Gasteiger partial charge in [0.05, 0.1) is 6.04 Å². The highest BCUT2D eigenvalue weighted by Crippen LogP contribution is 2.16. The van der Waals surface area contributed by atoms with Crippen molar-refractivity contribution in [1.29, 1.82) is 0 Å². The molecule has 0 spiro atoms. The third-order valence-electron chi connectivity index (χ3n) is 3.37. The number of urea groups is 1. The van der Waals surface area contributed by atoms with Crippen molar-refractivity contribution in [2.45, 2.75) is 53.1 Å². The van der Waals surface area contributed by atoms with Crippen molar-refractivity contribution in [2.75, 3.05) is 0 Å². The maximum atomic E-state index is 11.7. The van der Waals surface area contributed by atoms with Gasteiger partial charge in [0, 0.05) is 6.04 Å². The van der Waals surface area contributed by atoms with E-state index in [2.05, 4.69) is 49.6 Å². The summed E-state index contributed by atoms with van der Waals surface area (Å²) in [7, 11) is 0. The fourth-order valence-corrected chi connectivity index (χ4v) is 1.68. The molecule has 0 saturated heterocycles. The van der Waals surface area contributed by atoms with Crippen LogP contribution in [-0.4, -0.2) is 12.1 Å². The Morgan fingerprint density at radius 2 is 1.83 bits per heavy atom. The molecule has 0 heterocycles. The van der Waals surface area contributed by atoms with Crippen LogP contribution in [0.15, 0.2) is 18.2 Å². The fraction of sp³-hybridized carbons (Fsp3) is 0.533. The van der Waals surface area contributed by atoms with E-state index in [1.54, 1.807) is 0 Å². The van der Waals surface area contributed by atoms with Crippen molar-refractivity contribution in [1.82, 2.24) is 10.6 Å². The zero-order chi connectivity index (χ0) is 13.7. The molecule has 0 fully saturated rings. The molecule has 0 aromatic heterocycles. The Hall–Kier alpha value is -1.51. The molecule has 3 nitrogen and oxygen atoms in total. The second kappa shape index (κ2) is 6.43. The molecule has 18 heavy (non-hydrogen) atoms. The molecule has 0 aliphatic carbocycles. The van der Waals surface area contributed by atoms with Gasteiger partial charge in [0.25, 0.3) is 0 Å². The number of rotatable bonds is 4. The van der Waals surface area contributed by atoms with Gasteiger partial charge in [-0.15, -0.1) is 0 Å². The number of hydrogen-bond acceptors (Lipinski definition) is 1. The van der Waals surface area contributed by atoms with Crippen LogP contribution < -0.4 is 10.6 Å². The number of benzene rings is 1. The number of carbonyl (C=O) groups is 1. The lowest BCUT2D eigenvalue weighted by molar-refractivity contribution is 0.234. The van der Waals surface area contributed by atoms with Gasteiger partial charge in [-0.1, -0.05) is 25.1 Å². The van der Waals surface area contributed by atoms with E-state index >= 15 is 0 Å². The largest absolute Gasteiger partial charge is 0.336 e. The van der Waals surface area contributed by atoms with Crippen LogP contribution >= 0.6 is 0 Å². The van der Waals surface area contributed by atoms with E-state index in [0.29, 0.717) is 0 Å². The first-order valence-corrected chi connectivity index (χ1v) is 6.58. The predicted molar refractivity (Wildman–Crippen MR) is 75.8 cm³/mol. The lowest BCUT2D eigenvalue weighted by Gasteiger charge is -2.18. The first kappa shape index (κ1) is 14.6. The van der Waals surface area contributed by atoms with E-state index in [4.69, 9.17) is 0 Å². The number of amides is 2. The number of carbonyl (C=O) groups excluding carboxylic acids is 1. The molecule has 0 aliphatic rings. The predicted octanol–water partition coefficient (Wildman–Crippen LogP) is 3.46. The summed E-state index contributed by atoms with van der Waals surface area (Å²) in [5.41, 5.74) is 3.66. The Balaban J connectivity index is 2.62. The summed E-state index contributed by atoms with van der Waals surface area (Å²) in [5, 5.41) is 5.86. The molecule has 3 heteroatoms. The summed E-state index contributed by atoms with van der Waals surface area (Å²) >= 11 is 0. The zero-order valence-corrected chi connectivity index (χ0v) is 12.0. The highest BCUT2D eigenvalue weighted by molar-refractivity contribution is 5.74. The van der Waals surface area contributed by atoms with E-state index in [-0.39, 0.29) is 18.1 Å². The molecule has 100 valence electrons. The first-order chi connectivity index (χ1) is 8.43. The van der Waals surface area contributed by atoms with Crippen LogP contribution in [0.4, 0.5) is 4.79 Å². The summed E-state index contributed by atoms with van der Waals surface area (Å²) in [4.78, 5) is 11.7. The van der Waals surface area contributed by atoms with E-state index in [1.165, 1.54) is 11.1 Å². The molecule has 1 aromatic rings. The SMILES string of the molecule is CC[C@H](C)NC(=O)N[C@@H](C)c1ccc(C)c(C)c1. The van der Waals surface area contributed by atoms with Gasteiger partial charge in [-0.25, -0.2) is 4.79 Å². The maximum Gasteiger partial charge on any atom is 0.315 e. The Morgan fingerprint density at radius 3 is 2.39 bits per heavy atom. The summed E-state index contributed by atoms with van der Waals surface area (Å²) in [6.07, 6.45) is 0.936. The van der Waals surface area contributed by atoms with Crippen LogP contribution in [0.2, 0.25) is 0 Å². The molecule has 0 aliphatic heterocycles. The molecule has 1 rings (SSSR count). The number of nitrogens with one attached hydrogen (secondary N) is 2. The average Bonchev–Trinajstić information content (AvgIpc) is 2.32. The maximum absolute atomic E-state index is 11.7. The molecular formula is C15H24N2O. The highest BCUT2D eigenvalue weighted by atomic mass is 16.2. The fourth-order valence-electron chi connectivity index (χ4n) is 1.68. The van der Waals surface area contributed by atoms with Gasteiger partial charge in [0.2, 0.25) is 0 Å². The van der Waals surface area contributed by atoms with Gasteiger partial charge < -0.3 is 10.6 Å². The third-order valence-corrected chi connectivity index (χ3v) is 3.37. The standard InChI is InChI=1S/C15H24N2O/c1-6-12(4)16-15(18)17-13(5)14-8-7-10(2)11(3)9-14/h7-9,12-13H,6H2,1-5H3,(H2,16,17,18)/t12-,13-/m0/s1. The minimum absolute atomic E-state index is 0.0216. The van der Waals surface area contributed by atoms with Gasteiger partial charge in [0.15, 0.2) is 0 Å². The summed E-state index contributed by atoms with van der Waals surface area (Å²) < 4.78 is 0. The molecule has 1 aromatic carbocycles. The van der Waals surface area contributed by atoms with Gasteiger partial charge in [-0.05, 0) is 50.8 Å². The van der Waals surface area contributed by atoms with Crippen molar-refractivity contribution in [3.05, 3.63) is 34.9 Å². The number of aryl methyl sites for hydroxylation is 2. The minimum Gasteiger partial charge on any atom is -0.336 e. The molecule has 0 bridgehead atoms. The molecule has 0 radical (unpaired) electrons. The minimum atomic E-state index is -0.102. The van der Waals surface area contributed by atoms with E-state index in [0.717, 1.165) is 12.0 Å². The van der Waals surface area contributed by atoms with Gasteiger partial charge >= 0.3 is 6.03 Å². The van der Waals surface area contributed by atoms with E-state index < -0.39 is 0 Å². The Bertz CT molecular complexity index is 415. The lowest BCUT2D eigenvalue weighted by atomic mass is 10.0.